The van der Waals surface area contributed by atoms with Crippen LogP contribution in [0, 0.1) is 5.82 Å². The van der Waals surface area contributed by atoms with E-state index in [9.17, 15) is 4.39 Å². The summed E-state index contributed by atoms with van der Waals surface area (Å²) in [4.78, 5) is 5.10. The first kappa shape index (κ1) is 14.0. The van der Waals surface area contributed by atoms with E-state index in [1.165, 1.54) is 38.4 Å². The summed E-state index contributed by atoms with van der Waals surface area (Å²) in [5.41, 5.74) is 7.57. The molecule has 0 aromatic heterocycles. The number of hydrogen-bond acceptors (Lipinski definition) is 3. The quantitative estimate of drug-likeness (QED) is 0.916. The van der Waals surface area contributed by atoms with Gasteiger partial charge >= 0.3 is 0 Å². The highest BCUT2D eigenvalue weighted by molar-refractivity contribution is 5.24. The zero-order valence-electron chi connectivity index (χ0n) is 12.0. The molecule has 0 spiro atoms. The number of halogens is 1. The molecule has 1 aromatic carbocycles. The second-order valence-electron chi connectivity index (χ2n) is 6.09. The Kier molecular flexibility index (Phi) is 4.34. The lowest BCUT2D eigenvalue weighted by Gasteiger charge is -2.25. The van der Waals surface area contributed by atoms with Gasteiger partial charge in [0.05, 0.1) is 0 Å². The third-order valence-corrected chi connectivity index (χ3v) is 4.55. The van der Waals surface area contributed by atoms with Crippen LogP contribution < -0.4 is 5.73 Å². The molecular weight excluding hydrogens is 253 g/mol. The molecule has 0 radical (unpaired) electrons. The van der Waals surface area contributed by atoms with Gasteiger partial charge in [-0.05, 0) is 62.2 Å². The molecule has 2 N–H and O–H groups in total. The summed E-state index contributed by atoms with van der Waals surface area (Å²) in [7, 11) is 0. The highest BCUT2D eigenvalue weighted by Crippen LogP contribution is 2.22. The van der Waals surface area contributed by atoms with Gasteiger partial charge in [0, 0.05) is 25.7 Å². The van der Waals surface area contributed by atoms with Gasteiger partial charge in [0.1, 0.15) is 5.82 Å². The Bertz CT molecular complexity index is 463. The first-order chi connectivity index (χ1) is 9.74. The van der Waals surface area contributed by atoms with Gasteiger partial charge in [0.25, 0.3) is 0 Å². The van der Waals surface area contributed by atoms with Crippen molar-refractivity contribution in [2.45, 2.75) is 38.4 Å². The van der Waals surface area contributed by atoms with Crippen molar-refractivity contribution >= 4 is 0 Å². The van der Waals surface area contributed by atoms with Crippen LogP contribution in [0.5, 0.6) is 0 Å². The van der Waals surface area contributed by atoms with E-state index in [-0.39, 0.29) is 5.82 Å². The number of nitrogens with zero attached hydrogens (tertiary/aromatic N) is 2. The van der Waals surface area contributed by atoms with E-state index in [1.54, 1.807) is 6.07 Å². The van der Waals surface area contributed by atoms with E-state index < -0.39 is 0 Å². The van der Waals surface area contributed by atoms with E-state index in [0.29, 0.717) is 12.6 Å². The van der Waals surface area contributed by atoms with E-state index in [1.807, 2.05) is 6.07 Å². The molecule has 1 atom stereocenters. The molecule has 2 heterocycles. The van der Waals surface area contributed by atoms with E-state index >= 15 is 0 Å². The summed E-state index contributed by atoms with van der Waals surface area (Å²) < 4.78 is 13.6. The van der Waals surface area contributed by atoms with Crippen molar-refractivity contribution in [3.05, 3.63) is 35.1 Å². The Labute approximate surface area is 120 Å². The van der Waals surface area contributed by atoms with Crippen molar-refractivity contribution in [3.8, 4) is 0 Å². The van der Waals surface area contributed by atoms with Crippen LogP contribution in [0.4, 0.5) is 4.39 Å². The van der Waals surface area contributed by atoms with Crippen LogP contribution in [0.2, 0.25) is 0 Å². The summed E-state index contributed by atoms with van der Waals surface area (Å²) in [5.74, 6) is -0.166. The maximum atomic E-state index is 13.6. The Balaban J connectivity index is 1.68. The maximum Gasteiger partial charge on any atom is 0.123 e. The number of rotatable bonds is 3. The molecule has 4 heteroatoms. The molecule has 0 bridgehead atoms. The third-order valence-electron chi connectivity index (χ3n) is 4.55. The standard InChI is InChI=1S/C16H24FN3/c17-15-8-13(10-18)7-14(9-15)11-19-4-2-6-20-5-1-3-16(20)12-19/h7-9,16H,1-6,10-12,18H2. The third kappa shape index (κ3) is 3.19. The van der Waals surface area contributed by atoms with Gasteiger partial charge in [0.15, 0.2) is 0 Å². The molecule has 3 nitrogen and oxygen atoms in total. The number of benzene rings is 1. The van der Waals surface area contributed by atoms with Crippen LogP contribution in [0.15, 0.2) is 18.2 Å². The molecule has 3 rings (SSSR count). The summed E-state index contributed by atoms with van der Waals surface area (Å²) in [6, 6.07) is 5.93. The zero-order chi connectivity index (χ0) is 13.9. The van der Waals surface area contributed by atoms with Crippen molar-refractivity contribution in [3.63, 3.8) is 0 Å². The van der Waals surface area contributed by atoms with Gasteiger partial charge in [-0.3, -0.25) is 9.80 Å². The fourth-order valence-corrected chi connectivity index (χ4v) is 3.61. The molecule has 2 aliphatic heterocycles. The Hall–Kier alpha value is -0.970. The molecule has 20 heavy (non-hydrogen) atoms. The Morgan fingerprint density at radius 3 is 2.75 bits per heavy atom. The average molecular weight is 277 g/mol. The normalized spacial score (nSPS) is 24.6. The number of nitrogens with two attached hydrogens (primary N) is 1. The van der Waals surface area contributed by atoms with Gasteiger partial charge in [-0.1, -0.05) is 6.07 Å². The minimum atomic E-state index is -0.166. The first-order valence-electron chi connectivity index (χ1n) is 7.69. The van der Waals surface area contributed by atoms with Crippen LogP contribution in [-0.2, 0) is 13.1 Å². The second kappa shape index (κ2) is 6.20. The lowest BCUT2D eigenvalue weighted by atomic mass is 10.1. The SMILES string of the molecule is NCc1cc(F)cc(CN2CCCN3CCCC3C2)c1. The molecule has 0 aliphatic carbocycles. The fourth-order valence-electron chi connectivity index (χ4n) is 3.61. The monoisotopic (exact) mass is 277 g/mol. The van der Waals surface area contributed by atoms with Gasteiger partial charge < -0.3 is 5.73 Å². The van der Waals surface area contributed by atoms with Crippen LogP contribution in [0.1, 0.15) is 30.4 Å². The fraction of sp³-hybridized carbons (Fsp3) is 0.625. The topological polar surface area (TPSA) is 32.5 Å². The minimum Gasteiger partial charge on any atom is -0.326 e. The van der Waals surface area contributed by atoms with Crippen LogP contribution in [0.3, 0.4) is 0 Å². The molecular formula is C16H24FN3. The van der Waals surface area contributed by atoms with E-state index in [0.717, 1.165) is 30.8 Å². The summed E-state index contributed by atoms with van der Waals surface area (Å²) in [5, 5.41) is 0. The van der Waals surface area contributed by atoms with Gasteiger partial charge in [-0.2, -0.15) is 0 Å². The molecule has 1 aromatic rings. The molecule has 2 saturated heterocycles. The lowest BCUT2D eigenvalue weighted by molar-refractivity contribution is 0.215. The first-order valence-corrected chi connectivity index (χ1v) is 7.69. The zero-order valence-corrected chi connectivity index (χ0v) is 12.0. The molecule has 2 fully saturated rings. The number of fused-ring (bicyclic) bond motifs is 1. The predicted molar refractivity (Wildman–Crippen MR) is 78.8 cm³/mol. The van der Waals surface area contributed by atoms with Crippen molar-refractivity contribution in [2.24, 2.45) is 5.73 Å². The molecule has 0 amide bonds. The molecule has 1 unspecified atom stereocenters. The summed E-state index contributed by atoms with van der Waals surface area (Å²) in [6.45, 7) is 5.96. The highest BCUT2D eigenvalue weighted by Gasteiger charge is 2.28. The van der Waals surface area contributed by atoms with Gasteiger partial charge in [-0.15, -0.1) is 0 Å². The van der Waals surface area contributed by atoms with Gasteiger partial charge in [-0.25, -0.2) is 4.39 Å². The maximum absolute atomic E-state index is 13.6. The second-order valence-corrected chi connectivity index (χ2v) is 6.09. The van der Waals surface area contributed by atoms with E-state index in [2.05, 4.69) is 9.80 Å². The van der Waals surface area contributed by atoms with Crippen molar-refractivity contribution in [1.82, 2.24) is 9.80 Å². The Morgan fingerprint density at radius 2 is 1.90 bits per heavy atom. The summed E-state index contributed by atoms with van der Waals surface area (Å²) in [6.07, 6.45) is 3.86. The average Bonchev–Trinajstić information content (AvgIpc) is 2.77. The van der Waals surface area contributed by atoms with Crippen LogP contribution in [-0.4, -0.2) is 42.0 Å². The lowest BCUT2D eigenvalue weighted by Crippen LogP contribution is -2.36. The molecule has 110 valence electrons. The smallest absolute Gasteiger partial charge is 0.123 e. The van der Waals surface area contributed by atoms with Crippen LogP contribution in [0.25, 0.3) is 0 Å². The molecule has 2 aliphatic rings. The van der Waals surface area contributed by atoms with Crippen molar-refractivity contribution in [1.29, 1.82) is 0 Å². The largest absolute Gasteiger partial charge is 0.326 e. The van der Waals surface area contributed by atoms with Crippen LogP contribution >= 0.6 is 0 Å². The highest BCUT2D eigenvalue weighted by atomic mass is 19.1. The van der Waals surface area contributed by atoms with Crippen molar-refractivity contribution in [2.75, 3.05) is 26.2 Å². The van der Waals surface area contributed by atoms with Gasteiger partial charge in [0.2, 0.25) is 0 Å². The Morgan fingerprint density at radius 1 is 1.10 bits per heavy atom. The predicted octanol–water partition coefficient (Wildman–Crippen LogP) is 1.95. The molecule has 0 saturated carbocycles. The minimum absolute atomic E-state index is 0.166. The summed E-state index contributed by atoms with van der Waals surface area (Å²) >= 11 is 0. The van der Waals surface area contributed by atoms with E-state index in [4.69, 9.17) is 5.73 Å². The number of hydrogen-bond donors (Lipinski definition) is 1. The van der Waals surface area contributed by atoms with Crippen molar-refractivity contribution < 1.29 is 4.39 Å².